The number of hydrogen-bond acceptors (Lipinski definition) is 3. The van der Waals surface area contributed by atoms with Crippen LogP contribution in [0.2, 0.25) is 0 Å². The van der Waals surface area contributed by atoms with Gasteiger partial charge in [0.05, 0.1) is 0 Å². The fourth-order valence-corrected chi connectivity index (χ4v) is 4.84. The van der Waals surface area contributed by atoms with Gasteiger partial charge in [-0.15, -0.1) is 0 Å². The summed E-state index contributed by atoms with van der Waals surface area (Å²) in [5.41, 5.74) is 0.311. The highest BCUT2D eigenvalue weighted by Gasteiger charge is 2.58. The predicted octanol–water partition coefficient (Wildman–Crippen LogP) is 4.09. The van der Waals surface area contributed by atoms with E-state index in [4.69, 9.17) is 4.74 Å². The van der Waals surface area contributed by atoms with Crippen LogP contribution in [0.1, 0.15) is 74.1 Å². The van der Waals surface area contributed by atoms with Gasteiger partial charge in [-0.1, -0.05) is 27.7 Å². The molecule has 4 unspecified atom stereocenters. The minimum Gasteiger partial charge on any atom is -0.444 e. The average Bonchev–Trinajstić information content (AvgIpc) is 2.85. The summed E-state index contributed by atoms with van der Waals surface area (Å²) in [5.74, 6) is 0.837. The lowest BCUT2D eigenvalue weighted by Gasteiger charge is -2.44. The van der Waals surface area contributed by atoms with Crippen LogP contribution in [0.5, 0.6) is 0 Å². The summed E-state index contributed by atoms with van der Waals surface area (Å²) in [4.78, 5) is 12.0. The summed E-state index contributed by atoms with van der Waals surface area (Å²) < 4.78 is 5.37. The van der Waals surface area contributed by atoms with Crippen LogP contribution in [0.25, 0.3) is 0 Å². The zero-order valence-electron chi connectivity index (χ0n) is 16.1. The highest BCUT2D eigenvalue weighted by molar-refractivity contribution is 5.68. The van der Waals surface area contributed by atoms with Gasteiger partial charge < -0.3 is 15.4 Å². The minimum atomic E-state index is -0.449. The van der Waals surface area contributed by atoms with Gasteiger partial charge in [0, 0.05) is 18.6 Å². The second-order valence-corrected chi connectivity index (χ2v) is 9.51. The standard InChI is InChI=1S/C19H36N2O2/c1-8-14(21-16(22)23-17(2,3)4)12-20-15-18(5,6)13-9-10-19(15,7)11-13/h13-15,20H,8-12H2,1-7H3,(H,21,22). The van der Waals surface area contributed by atoms with Crippen molar-refractivity contribution in [2.75, 3.05) is 6.54 Å². The third-order valence-corrected chi connectivity index (χ3v) is 6.05. The first-order chi connectivity index (χ1) is 10.5. The molecule has 2 fully saturated rings. The number of nitrogens with one attached hydrogen (secondary N) is 2. The van der Waals surface area contributed by atoms with Crippen molar-refractivity contribution >= 4 is 6.09 Å². The maximum Gasteiger partial charge on any atom is 0.407 e. The zero-order chi connectivity index (χ0) is 17.5. The lowest BCUT2D eigenvalue weighted by molar-refractivity contribution is 0.0494. The van der Waals surface area contributed by atoms with Gasteiger partial charge in [0.15, 0.2) is 0 Å². The summed E-state index contributed by atoms with van der Waals surface area (Å²) >= 11 is 0. The quantitative estimate of drug-likeness (QED) is 0.800. The molecule has 0 aromatic carbocycles. The number of fused-ring (bicyclic) bond motifs is 2. The summed E-state index contributed by atoms with van der Waals surface area (Å²) in [6, 6.07) is 0.645. The van der Waals surface area contributed by atoms with Crippen LogP contribution in [0, 0.1) is 16.7 Å². The second kappa shape index (κ2) is 6.27. The van der Waals surface area contributed by atoms with Gasteiger partial charge in [-0.2, -0.15) is 0 Å². The first kappa shape index (κ1) is 18.6. The highest BCUT2D eigenvalue weighted by atomic mass is 16.6. The van der Waals surface area contributed by atoms with Crippen molar-refractivity contribution in [3.63, 3.8) is 0 Å². The van der Waals surface area contributed by atoms with Crippen LogP contribution in [0.3, 0.4) is 0 Å². The molecular weight excluding hydrogens is 288 g/mol. The van der Waals surface area contributed by atoms with Crippen LogP contribution in [-0.2, 0) is 4.74 Å². The smallest absolute Gasteiger partial charge is 0.407 e. The first-order valence-electron chi connectivity index (χ1n) is 9.21. The highest BCUT2D eigenvalue weighted by Crippen LogP contribution is 2.62. The van der Waals surface area contributed by atoms with E-state index in [2.05, 4.69) is 38.3 Å². The molecule has 4 atom stereocenters. The molecule has 23 heavy (non-hydrogen) atoms. The van der Waals surface area contributed by atoms with Gasteiger partial charge >= 0.3 is 6.09 Å². The molecule has 2 aliphatic carbocycles. The lowest BCUT2D eigenvalue weighted by atomic mass is 9.68. The van der Waals surface area contributed by atoms with Crippen molar-refractivity contribution in [2.45, 2.75) is 91.8 Å². The number of carbonyl (C=O) groups is 1. The van der Waals surface area contributed by atoms with Crippen molar-refractivity contribution in [3.05, 3.63) is 0 Å². The van der Waals surface area contributed by atoms with Gasteiger partial charge in [0.1, 0.15) is 5.60 Å². The number of hydrogen-bond donors (Lipinski definition) is 2. The molecule has 134 valence electrons. The van der Waals surface area contributed by atoms with Gasteiger partial charge in [0.2, 0.25) is 0 Å². The number of amides is 1. The number of ether oxygens (including phenoxy) is 1. The molecule has 1 amide bonds. The van der Waals surface area contributed by atoms with Crippen molar-refractivity contribution < 1.29 is 9.53 Å². The molecule has 0 spiro atoms. The van der Waals surface area contributed by atoms with E-state index in [-0.39, 0.29) is 12.1 Å². The molecule has 0 saturated heterocycles. The normalized spacial score (nSPS) is 33.5. The maximum absolute atomic E-state index is 12.0. The molecule has 4 nitrogen and oxygen atoms in total. The van der Waals surface area contributed by atoms with E-state index in [1.54, 1.807) is 0 Å². The lowest BCUT2D eigenvalue weighted by Crippen LogP contribution is -2.54. The maximum atomic E-state index is 12.0. The van der Waals surface area contributed by atoms with E-state index in [0.717, 1.165) is 18.9 Å². The molecule has 2 rings (SSSR count). The van der Waals surface area contributed by atoms with E-state index >= 15 is 0 Å². The van der Waals surface area contributed by atoms with E-state index in [9.17, 15) is 4.79 Å². The minimum absolute atomic E-state index is 0.114. The van der Waals surface area contributed by atoms with E-state index in [1.807, 2.05) is 20.8 Å². The van der Waals surface area contributed by atoms with Gasteiger partial charge in [-0.25, -0.2) is 4.79 Å². The molecule has 0 aromatic heterocycles. The van der Waals surface area contributed by atoms with Crippen LogP contribution >= 0.6 is 0 Å². The van der Waals surface area contributed by atoms with Crippen LogP contribution in [0.15, 0.2) is 0 Å². The molecular formula is C19H36N2O2. The fourth-order valence-electron chi connectivity index (χ4n) is 4.84. The van der Waals surface area contributed by atoms with Crippen molar-refractivity contribution in [3.8, 4) is 0 Å². The molecule has 0 radical (unpaired) electrons. The van der Waals surface area contributed by atoms with Gasteiger partial charge in [-0.3, -0.25) is 0 Å². The Morgan fingerprint density at radius 2 is 1.96 bits per heavy atom. The molecule has 0 aromatic rings. The van der Waals surface area contributed by atoms with E-state index < -0.39 is 5.60 Å². The molecule has 2 aliphatic rings. The number of carbonyl (C=O) groups excluding carboxylic acids is 1. The van der Waals surface area contributed by atoms with Crippen molar-refractivity contribution in [1.82, 2.24) is 10.6 Å². The molecule has 0 aliphatic heterocycles. The number of rotatable bonds is 5. The number of alkyl carbamates (subject to hydrolysis) is 1. The Bertz CT molecular complexity index is 436. The molecule has 4 heteroatoms. The molecule has 2 bridgehead atoms. The summed E-state index contributed by atoms with van der Waals surface area (Å²) in [6.07, 6.45) is 4.63. The second-order valence-electron chi connectivity index (χ2n) is 9.51. The van der Waals surface area contributed by atoms with Crippen LogP contribution in [-0.4, -0.2) is 30.3 Å². The monoisotopic (exact) mass is 324 g/mol. The van der Waals surface area contributed by atoms with E-state index in [1.165, 1.54) is 19.3 Å². The largest absolute Gasteiger partial charge is 0.444 e. The Morgan fingerprint density at radius 1 is 1.30 bits per heavy atom. The van der Waals surface area contributed by atoms with Gasteiger partial charge in [-0.05, 0) is 63.2 Å². The Kier molecular flexibility index (Phi) is 5.06. The summed E-state index contributed by atoms with van der Waals surface area (Å²) in [6.45, 7) is 15.8. The Morgan fingerprint density at radius 3 is 2.43 bits per heavy atom. The predicted molar refractivity (Wildman–Crippen MR) is 94.5 cm³/mol. The van der Waals surface area contributed by atoms with Crippen molar-refractivity contribution in [1.29, 1.82) is 0 Å². The summed E-state index contributed by atoms with van der Waals surface area (Å²) in [5, 5.41) is 6.80. The molecule has 2 saturated carbocycles. The van der Waals surface area contributed by atoms with E-state index in [0.29, 0.717) is 16.9 Å². The molecule has 2 N–H and O–H groups in total. The first-order valence-corrected chi connectivity index (χ1v) is 9.21. The Hall–Kier alpha value is -0.770. The van der Waals surface area contributed by atoms with Crippen LogP contribution < -0.4 is 10.6 Å². The average molecular weight is 325 g/mol. The summed E-state index contributed by atoms with van der Waals surface area (Å²) in [7, 11) is 0. The third kappa shape index (κ3) is 4.01. The fraction of sp³-hybridized carbons (Fsp3) is 0.947. The SMILES string of the molecule is CCC(CNC1C2(C)CCC(C2)C1(C)C)NC(=O)OC(C)(C)C. The Labute approximate surface area is 142 Å². The zero-order valence-corrected chi connectivity index (χ0v) is 16.1. The third-order valence-electron chi connectivity index (χ3n) is 6.05. The topological polar surface area (TPSA) is 50.4 Å². The Balaban J connectivity index is 1.89. The molecule has 0 heterocycles. The van der Waals surface area contributed by atoms with Crippen molar-refractivity contribution in [2.24, 2.45) is 16.7 Å². The van der Waals surface area contributed by atoms with Gasteiger partial charge in [0.25, 0.3) is 0 Å². The van der Waals surface area contributed by atoms with Crippen LogP contribution in [0.4, 0.5) is 4.79 Å².